The maximum Gasteiger partial charge on any atom is 0.173 e. The van der Waals surface area contributed by atoms with Gasteiger partial charge in [0.25, 0.3) is 0 Å². The van der Waals surface area contributed by atoms with Gasteiger partial charge in [-0.15, -0.1) is 5.10 Å². The molecular weight excluding hydrogens is 404 g/mol. The van der Waals surface area contributed by atoms with Crippen molar-refractivity contribution in [3.05, 3.63) is 90.1 Å². The van der Waals surface area contributed by atoms with E-state index in [1.54, 1.807) is 13.4 Å². The molecule has 5 rings (SSSR count). The second-order valence-corrected chi connectivity index (χ2v) is 7.81. The van der Waals surface area contributed by atoms with E-state index >= 15 is 0 Å². The maximum absolute atomic E-state index is 5.53. The third-order valence-corrected chi connectivity index (χ3v) is 5.92. The monoisotopic (exact) mass is 430 g/mol. The Bertz CT molecular complexity index is 1100. The largest absolute Gasteiger partial charge is 0.497 e. The van der Waals surface area contributed by atoms with E-state index < -0.39 is 0 Å². The van der Waals surface area contributed by atoms with E-state index in [-0.39, 0.29) is 6.04 Å². The topological polar surface area (TPSA) is 72.4 Å². The molecule has 0 unspecified atom stereocenters. The van der Waals surface area contributed by atoms with E-state index in [1.165, 1.54) is 5.69 Å². The molecule has 0 amide bonds. The molecule has 0 N–H and O–H groups in total. The molecule has 1 saturated heterocycles. The lowest BCUT2D eigenvalue weighted by Crippen LogP contribution is -2.48. The Morgan fingerprint density at radius 2 is 1.72 bits per heavy atom. The zero-order chi connectivity index (χ0) is 21.8. The highest BCUT2D eigenvalue weighted by Crippen LogP contribution is 2.30. The van der Waals surface area contributed by atoms with Gasteiger partial charge in [0.05, 0.1) is 19.4 Å². The number of tetrazole rings is 1. The number of para-hydroxylation sites is 1. The highest BCUT2D eigenvalue weighted by molar-refractivity contribution is 5.46. The molecule has 1 aliphatic rings. The van der Waals surface area contributed by atoms with Crippen LogP contribution in [0.3, 0.4) is 0 Å². The lowest BCUT2D eigenvalue weighted by molar-refractivity contribution is 0.200. The van der Waals surface area contributed by atoms with Crippen LogP contribution in [0.1, 0.15) is 23.2 Å². The smallest absolute Gasteiger partial charge is 0.173 e. The zero-order valence-corrected chi connectivity index (χ0v) is 18.0. The number of benzene rings is 2. The normalized spacial score (nSPS) is 15.6. The van der Waals surface area contributed by atoms with Crippen LogP contribution >= 0.6 is 0 Å². The SMILES string of the molecule is COc1ccc([C@@H](c2nnnn2Cc2ccco2)N2CCN(c3ccccc3)CC2)cc1. The first-order chi connectivity index (χ1) is 15.8. The van der Waals surface area contributed by atoms with Crippen molar-refractivity contribution >= 4 is 5.69 Å². The second kappa shape index (κ2) is 9.23. The van der Waals surface area contributed by atoms with Crippen molar-refractivity contribution in [2.45, 2.75) is 12.6 Å². The second-order valence-electron chi connectivity index (χ2n) is 7.81. The molecule has 1 atom stereocenters. The molecular formula is C24H26N6O2. The van der Waals surface area contributed by atoms with Crippen molar-refractivity contribution in [2.75, 3.05) is 38.2 Å². The molecule has 32 heavy (non-hydrogen) atoms. The van der Waals surface area contributed by atoms with Gasteiger partial charge in [0.2, 0.25) is 0 Å². The van der Waals surface area contributed by atoms with Crippen LogP contribution in [0.15, 0.2) is 77.4 Å². The van der Waals surface area contributed by atoms with E-state index in [0.717, 1.165) is 49.1 Å². The highest BCUT2D eigenvalue weighted by atomic mass is 16.5. The van der Waals surface area contributed by atoms with Gasteiger partial charge >= 0.3 is 0 Å². The number of nitrogens with zero attached hydrogens (tertiary/aromatic N) is 6. The van der Waals surface area contributed by atoms with Crippen LogP contribution in [0.5, 0.6) is 5.75 Å². The Morgan fingerprint density at radius 1 is 0.938 bits per heavy atom. The number of aromatic nitrogens is 4. The van der Waals surface area contributed by atoms with Gasteiger partial charge in [-0.2, -0.15) is 0 Å². The van der Waals surface area contributed by atoms with Crippen molar-refractivity contribution in [1.29, 1.82) is 0 Å². The minimum Gasteiger partial charge on any atom is -0.497 e. The Labute approximate surface area is 187 Å². The van der Waals surface area contributed by atoms with Gasteiger partial charge in [0.15, 0.2) is 5.82 Å². The third-order valence-electron chi connectivity index (χ3n) is 5.92. The fourth-order valence-electron chi connectivity index (χ4n) is 4.26. The summed E-state index contributed by atoms with van der Waals surface area (Å²) in [6, 6.07) is 22.5. The van der Waals surface area contributed by atoms with E-state index in [9.17, 15) is 0 Å². The summed E-state index contributed by atoms with van der Waals surface area (Å²) in [4.78, 5) is 4.87. The quantitative estimate of drug-likeness (QED) is 0.446. The van der Waals surface area contributed by atoms with E-state index in [4.69, 9.17) is 9.15 Å². The molecule has 2 aromatic heterocycles. The van der Waals surface area contributed by atoms with E-state index in [2.05, 4.69) is 67.8 Å². The Hall–Kier alpha value is -3.65. The standard InChI is InChI=1S/C24H26N6O2/c1-31-21-11-9-19(10-12-21)23(24-25-26-27-30(24)18-22-8-5-17-32-22)29-15-13-28(14-16-29)20-6-3-2-4-7-20/h2-12,17,23H,13-16,18H2,1H3/t23-/m0/s1. The van der Waals surface area contributed by atoms with Crippen LogP contribution in [0.2, 0.25) is 0 Å². The molecule has 2 aromatic carbocycles. The van der Waals surface area contributed by atoms with Crippen molar-refractivity contribution in [3.8, 4) is 5.75 Å². The number of rotatable bonds is 7. The van der Waals surface area contributed by atoms with Crippen LogP contribution in [0.25, 0.3) is 0 Å². The minimum absolute atomic E-state index is 0.0659. The summed E-state index contributed by atoms with van der Waals surface area (Å²) in [6.45, 7) is 4.18. The summed E-state index contributed by atoms with van der Waals surface area (Å²) in [5.74, 6) is 2.46. The van der Waals surface area contributed by atoms with Gasteiger partial charge in [0.1, 0.15) is 18.1 Å². The van der Waals surface area contributed by atoms with Crippen LogP contribution < -0.4 is 9.64 Å². The lowest BCUT2D eigenvalue weighted by atomic mass is 10.0. The predicted molar refractivity (Wildman–Crippen MR) is 121 cm³/mol. The number of hydrogen-bond acceptors (Lipinski definition) is 7. The number of ether oxygens (including phenoxy) is 1. The Kier molecular flexibility index (Phi) is 5.85. The first-order valence-corrected chi connectivity index (χ1v) is 10.8. The molecule has 1 fully saturated rings. The molecule has 0 saturated carbocycles. The summed E-state index contributed by atoms with van der Waals surface area (Å²) in [5.41, 5.74) is 2.39. The maximum atomic E-state index is 5.53. The molecule has 0 aliphatic carbocycles. The van der Waals surface area contributed by atoms with Crippen LogP contribution in [-0.4, -0.2) is 58.4 Å². The molecule has 1 aliphatic heterocycles. The summed E-state index contributed by atoms with van der Waals surface area (Å²) in [5, 5.41) is 12.7. The van der Waals surface area contributed by atoms with Gasteiger partial charge in [-0.3, -0.25) is 4.90 Å². The number of hydrogen-bond donors (Lipinski definition) is 0. The minimum atomic E-state index is -0.0659. The van der Waals surface area contributed by atoms with Gasteiger partial charge in [-0.25, -0.2) is 4.68 Å². The van der Waals surface area contributed by atoms with Crippen molar-refractivity contribution in [3.63, 3.8) is 0 Å². The van der Waals surface area contributed by atoms with Gasteiger partial charge < -0.3 is 14.1 Å². The molecule has 8 nitrogen and oxygen atoms in total. The van der Waals surface area contributed by atoms with Crippen LogP contribution in [0, 0.1) is 0 Å². The van der Waals surface area contributed by atoms with E-state index in [0.29, 0.717) is 6.54 Å². The van der Waals surface area contributed by atoms with Gasteiger partial charge in [-0.1, -0.05) is 30.3 Å². The summed E-state index contributed by atoms with van der Waals surface area (Å²) in [6.07, 6.45) is 1.67. The average molecular weight is 431 g/mol. The average Bonchev–Trinajstić information content (AvgIpc) is 3.54. The fraction of sp³-hybridized carbons (Fsp3) is 0.292. The Balaban J connectivity index is 1.43. The molecule has 0 radical (unpaired) electrons. The lowest BCUT2D eigenvalue weighted by Gasteiger charge is -2.39. The molecule has 4 aromatic rings. The van der Waals surface area contributed by atoms with E-state index in [1.807, 2.05) is 28.9 Å². The Morgan fingerprint density at radius 3 is 2.41 bits per heavy atom. The van der Waals surface area contributed by atoms with Gasteiger partial charge in [0, 0.05) is 31.9 Å². The summed E-state index contributed by atoms with van der Waals surface area (Å²) in [7, 11) is 1.68. The first kappa shape index (κ1) is 20.3. The van der Waals surface area contributed by atoms with Crippen molar-refractivity contribution in [1.82, 2.24) is 25.1 Å². The highest BCUT2D eigenvalue weighted by Gasteiger charge is 2.31. The van der Waals surface area contributed by atoms with Gasteiger partial charge in [-0.05, 0) is 52.4 Å². The number of anilines is 1. The summed E-state index contributed by atoms with van der Waals surface area (Å²) < 4.78 is 12.7. The number of piperazine rings is 1. The van der Waals surface area contributed by atoms with Crippen molar-refractivity contribution < 1.29 is 9.15 Å². The molecule has 164 valence electrons. The molecule has 0 spiro atoms. The molecule has 0 bridgehead atoms. The van der Waals surface area contributed by atoms with Crippen LogP contribution in [0.4, 0.5) is 5.69 Å². The predicted octanol–water partition coefficient (Wildman–Crippen LogP) is 3.23. The number of furan rings is 1. The number of methoxy groups -OCH3 is 1. The zero-order valence-electron chi connectivity index (χ0n) is 18.0. The molecule has 3 heterocycles. The molecule has 8 heteroatoms. The van der Waals surface area contributed by atoms with Crippen LogP contribution in [-0.2, 0) is 6.54 Å². The first-order valence-electron chi connectivity index (χ1n) is 10.8. The third kappa shape index (κ3) is 4.22. The summed E-state index contributed by atoms with van der Waals surface area (Å²) >= 11 is 0. The van der Waals surface area contributed by atoms with Crippen molar-refractivity contribution in [2.24, 2.45) is 0 Å². The fourth-order valence-corrected chi connectivity index (χ4v) is 4.26.